The van der Waals surface area contributed by atoms with E-state index in [1.807, 2.05) is 36.4 Å². The quantitative estimate of drug-likeness (QED) is 0.216. The van der Waals surface area contributed by atoms with Crippen LogP contribution in [0, 0.1) is 0 Å². The number of carboxylic acid groups (broad SMARTS) is 1. The Kier molecular flexibility index (Phi) is 9.44. The highest BCUT2D eigenvalue weighted by Gasteiger charge is 2.38. The summed E-state index contributed by atoms with van der Waals surface area (Å²) in [6.07, 6.45) is -1.06. The molecule has 0 aliphatic carbocycles. The van der Waals surface area contributed by atoms with Gasteiger partial charge in [-0.1, -0.05) is 18.2 Å². The summed E-state index contributed by atoms with van der Waals surface area (Å²) in [7, 11) is 0. The van der Waals surface area contributed by atoms with E-state index in [0.29, 0.717) is 22.3 Å². The molecule has 1 unspecified atom stereocenters. The number of fused-ring (bicyclic) bond motifs is 1. The SMILES string of the molecule is CC(OC(=O)c1ccnc2[nH]ccc12)C(=O)Nc1cccc(CSc2ccccn2)c1.O=C(O)C(F)(F)F. The van der Waals surface area contributed by atoms with Crippen molar-refractivity contribution in [2.45, 2.75) is 30.0 Å². The largest absolute Gasteiger partial charge is 0.490 e. The van der Waals surface area contributed by atoms with Gasteiger partial charge < -0.3 is 20.1 Å². The van der Waals surface area contributed by atoms with Gasteiger partial charge in [-0.2, -0.15) is 13.2 Å². The second-order valence-electron chi connectivity index (χ2n) is 7.60. The Morgan fingerprint density at radius 2 is 1.84 bits per heavy atom. The number of aromatic nitrogens is 3. The van der Waals surface area contributed by atoms with Crippen molar-refractivity contribution in [1.29, 1.82) is 0 Å². The Balaban J connectivity index is 0.000000505. The molecule has 0 aliphatic rings. The average molecular weight is 547 g/mol. The molecule has 4 aromatic rings. The molecule has 13 heteroatoms. The van der Waals surface area contributed by atoms with E-state index in [0.717, 1.165) is 16.3 Å². The van der Waals surface area contributed by atoms with Gasteiger partial charge in [0, 0.05) is 35.4 Å². The number of nitrogens with one attached hydrogen (secondary N) is 2. The zero-order valence-electron chi connectivity index (χ0n) is 19.7. The number of hydrogen-bond acceptors (Lipinski definition) is 7. The van der Waals surface area contributed by atoms with Crippen LogP contribution in [0.1, 0.15) is 22.8 Å². The molecule has 9 nitrogen and oxygen atoms in total. The first-order valence-electron chi connectivity index (χ1n) is 10.9. The number of aromatic amines is 1. The van der Waals surface area contributed by atoms with Gasteiger partial charge in [-0.25, -0.2) is 19.6 Å². The predicted molar refractivity (Wildman–Crippen MR) is 134 cm³/mol. The first-order valence-corrected chi connectivity index (χ1v) is 11.9. The number of carboxylic acids is 1. The van der Waals surface area contributed by atoms with Gasteiger partial charge in [-0.05, 0) is 48.9 Å². The molecule has 3 N–H and O–H groups in total. The Labute approximate surface area is 218 Å². The zero-order valence-corrected chi connectivity index (χ0v) is 20.5. The van der Waals surface area contributed by atoms with Crippen molar-refractivity contribution < 1.29 is 37.4 Å². The number of aliphatic carboxylic acids is 1. The fraction of sp³-hybridized carbons (Fsp3) is 0.160. The first kappa shape index (κ1) is 28.2. The number of hydrogen-bond donors (Lipinski definition) is 3. The molecule has 1 aromatic carbocycles. The molecule has 0 saturated carbocycles. The van der Waals surface area contributed by atoms with Crippen molar-refractivity contribution in [3.63, 3.8) is 0 Å². The molecule has 1 amide bonds. The van der Waals surface area contributed by atoms with Crippen LogP contribution in [0.5, 0.6) is 0 Å². The maximum absolute atomic E-state index is 12.6. The van der Waals surface area contributed by atoms with E-state index in [1.165, 1.54) is 6.20 Å². The van der Waals surface area contributed by atoms with Crippen LogP contribution < -0.4 is 5.32 Å². The number of esters is 1. The van der Waals surface area contributed by atoms with Crippen LogP contribution in [0.15, 0.2) is 78.2 Å². The van der Waals surface area contributed by atoms with Crippen molar-refractivity contribution in [2.75, 3.05) is 5.32 Å². The summed E-state index contributed by atoms with van der Waals surface area (Å²) in [5.74, 6) is -3.01. The number of amides is 1. The lowest BCUT2D eigenvalue weighted by molar-refractivity contribution is -0.192. The van der Waals surface area contributed by atoms with Crippen LogP contribution in [0.3, 0.4) is 0 Å². The van der Waals surface area contributed by atoms with E-state index in [4.69, 9.17) is 14.6 Å². The van der Waals surface area contributed by atoms with Gasteiger partial charge >= 0.3 is 18.1 Å². The molecule has 4 rings (SSSR count). The number of benzene rings is 1. The monoisotopic (exact) mass is 546 g/mol. The molecule has 0 spiro atoms. The minimum absolute atomic E-state index is 0.361. The van der Waals surface area contributed by atoms with Crippen LogP contribution in [-0.2, 0) is 20.1 Å². The van der Waals surface area contributed by atoms with Gasteiger partial charge in [-0.15, -0.1) is 11.8 Å². The maximum Gasteiger partial charge on any atom is 0.490 e. The number of alkyl halides is 3. The number of anilines is 1. The molecular formula is C25H21F3N4O5S. The van der Waals surface area contributed by atoms with Gasteiger partial charge in [0.05, 0.1) is 10.6 Å². The number of ether oxygens (including phenoxy) is 1. The lowest BCUT2D eigenvalue weighted by atomic mass is 10.2. The molecule has 1 atom stereocenters. The van der Waals surface area contributed by atoms with Crippen LogP contribution in [0.2, 0.25) is 0 Å². The second kappa shape index (κ2) is 12.7. The van der Waals surface area contributed by atoms with E-state index in [2.05, 4.69) is 20.3 Å². The summed E-state index contributed by atoms with van der Waals surface area (Å²) >= 11 is 1.61. The van der Waals surface area contributed by atoms with Gasteiger partial charge in [0.2, 0.25) is 0 Å². The van der Waals surface area contributed by atoms with E-state index in [9.17, 15) is 22.8 Å². The van der Waals surface area contributed by atoms with Gasteiger partial charge in [0.1, 0.15) is 5.65 Å². The highest BCUT2D eigenvalue weighted by atomic mass is 32.2. The van der Waals surface area contributed by atoms with E-state index >= 15 is 0 Å². The Bertz CT molecular complexity index is 1410. The molecule has 38 heavy (non-hydrogen) atoms. The van der Waals surface area contributed by atoms with Crippen molar-refractivity contribution in [1.82, 2.24) is 15.0 Å². The highest BCUT2D eigenvalue weighted by Crippen LogP contribution is 2.22. The van der Waals surface area contributed by atoms with Crippen molar-refractivity contribution in [3.8, 4) is 0 Å². The average Bonchev–Trinajstić information content (AvgIpc) is 3.37. The summed E-state index contributed by atoms with van der Waals surface area (Å²) in [6, 6.07) is 16.7. The van der Waals surface area contributed by atoms with Gasteiger partial charge in [-0.3, -0.25) is 4.79 Å². The number of carbonyl (C=O) groups excluding carboxylic acids is 2. The lowest BCUT2D eigenvalue weighted by Gasteiger charge is -2.14. The van der Waals surface area contributed by atoms with Crippen molar-refractivity contribution in [3.05, 3.63) is 84.3 Å². The van der Waals surface area contributed by atoms with Crippen molar-refractivity contribution in [2.24, 2.45) is 0 Å². The van der Waals surface area contributed by atoms with Crippen LogP contribution in [0.25, 0.3) is 11.0 Å². The first-order chi connectivity index (χ1) is 18.0. The number of pyridine rings is 2. The summed E-state index contributed by atoms with van der Waals surface area (Å²) < 4.78 is 37.1. The molecule has 0 saturated heterocycles. The Hall–Kier alpha value is -4.39. The fourth-order valence-corrected chi connectivity index (χ4v) is 3.79. The zero-order chi connectivity index (χ0) is 27.7. The summed E-state index contributed by atoms with van der Waals surface area (Å²) in [4.78, 5) is 45.4. The molecule has 0 fully saturated rings. The van der Waals surface area contributed by atoms with Gasteiger partial charge in [0.25, 0.3) is 5.91 Å². The second-order valence-corrected chi connectivity index (χ2v) is 8.59. The minimum Gasteiger partial charge on any atom is -0.475 e. The number of nitrogens with zero attached hydrogens (tertiary/aromatic N) is 2. The van der Waals surface area contributed by atoms with Crippen LogP contribution in [0.4, 0.5) is 18.9 Å². The number of thioether (sulfide) groups is 1. The van der Waals surface area contributed by atoms with Gasteiger partial charge in [0.15, 0.2) is 6.10 Å². The number of halogens is 3. The van der Waals surface area contributed by atoms with E-state index < -0.39 is 30.1 Å². The number of H-pyrrole nitrogens is 1. The third kappa shape index (κ3) is 8.06. The third-order valence-electron chi connectivity index (χ3n) is 4.79. The molecule has 3 aromatic heterocycles. The Morgan fingerprint density at radius 1 is 1.08 bits per heavy atom. The molecule has 198 valence electrons. The van der Waals surface area contributed by atoms with Crippen molar-refractivity contribution >= 4 is 46.3 Å². The summed E-state index contributed by atoms with van der Waals surface area (Å²) in [5.41, 5.74) is 2.64. The molecular weight excluding hydrogens is 525 g/mol. The standard InChI is InChI=1S/C23H20N4O3S.C2HF3O2/c1-15(30-23(29)19-9-12-26-21-18(19)8-11-25-21)22(28)27-17-6-4-5-16(13-17)14-31-20-7-2-3-10-24-20;3-2(4,5)1(6)7/h2-13,15H,14H2,1H3,(H,25,26)(H,27,28);(H,6,7). The van der Waals surface area contributed by atoms with Crippen LogP contribution in [-0.4, -0.2) is 50.2 Å². The van der Waals surface area contributed by atoms with Crippen LogP contribution >= 0.6 is 11.8 Å². The molecule has 3 heterocycles. The predicted octanol–water partition coefficient (Wildman–Crippen LogP) is 5.07. The molecule has 0 bridgehead atoms. The van der Waals surface area contributed by atoms with E-state index in [-0.39, 0.29) is 0 Å². The smallest absolute Gasteiger partial charge is 0.475 e. The maximum atomic E-state index is 12.6. The normalized spacial score (nSPS) is 11.7. The summed E-state index contributed by atoms with van der Waals surface area (Å²) in [6.45, 7) is 1.55. The number of carbonyl (C=O) groups is 3. The van der Waals surface area contributed by atoms with E-state index in [1.54, 1.807) is 49.3 Å². The Morgan fingerprint density at radius 3 is 2.53 bits per heavy atom. The molecule has 0 aliphatic heterocycles. The fourth-order valence-electron chi connectivity index (χ4n) is 2.99. The lowest BCUT2D eigenvalue weighted by Crippen LogP contribution is -2.30. The highest BCUT2D eigenvalue weighted by molar-refractivity contribution is 7.98. The third-order valence-corrected chi connectivity index (χ3v) is 5.81. The summed E-state index contributed by atoms with van der Waals surface area (Å²) in [5, 5.41) is 11.5. The molecule has 0 radical (unpaired) electrons. The number of rotatable bonds is 7. The minimum atomic E-state index is -5.08. The topological polar surface area (TPSA) is 134 Å².